The smallest absolute Gasteiger partial charge is 0.0542 e. The van der Waals surface area contributed by atoms with Crippen molar-refractivity contribution in [2.75, 3.05) is 19.5 Å². The van der Waals surface area contributed by atoms with Gasteiger partial charge in [0.25, 0.3) is 0 Å². The van der Waals surface area contributed by atoms with Crippen molar-refractivity contribution in [2.45, 2.75) is 19.8 Å². The molecule has 0 radical (unpaired) electrons. The van der Waals surface area contributed by atoms with Crippen LogP contribution in [0.5, 0.6) is 0 Å². The van der Waals surface area contributed by atoms with E-state index >= 15 is 0 Å². The molecule has 0 saturated heterocycles. The molecule has 0 bridgehead atoms. The largest absolute Gasteiger partial charge is 0.384 e. The Hall–Kier alpha value is -0.210. The minimum atomic E-state index is 0.0301. The molecule has 1 aliphatic heterocycles. The zero-order valence-corrected chi connectivity index (χ0v) is 9.31. The van der Waals surface area contributed by atoms with Gasteiger partial charge < -0.3 is 4.74 Å². The maximum atomic E-state index is 5.12. The molecule has 2 aliphatic rings. The Morgan fingerprint density at radius 3 is 2.92 bits per heavy atom. The number of ether oxygens (including phenoxy) is 1. The summed E-state index contributed by atoms with van der Waals surface area (Å²) in [5.74, 6) is 2.13. The highest BCUT2D eigenvalue weighted by Gasteiger charge is 2.27. The minimum absolute atomic E-state index is 0.0301. The second-order valence-corrected chi connectivity index (χ2v) is 6.23. The van der Waals surface area contributed by atoms with Gasteiger partial charge in [-0.05, 0) is 41.6 Å². The summed E-state index contributed by atoms with van der Waals surface area (Å²) in [6, 6.07) is 0. The highest BCUT2D eigenvalue weighted by atomic mass is 32.2. The van der Waals surface area contributed by atoms with Crippen LogP contribution in [0.2, 0.25) is 0 Å². The van der Waals surface area contributed by atoms with Crippen molar-refractivity contribution in [3.05, 3.63) is 22.0 Å². The van der Waals surface area contributed by atoms with Gasteiger partial charge >= 0.3 is 0 Å². The van der Waals surface area contributed by atoms with Gasteiger partial charge in [-0.2, -0.15) is 0 Å². The molecule has 1 saturated carbocycles. The third-order valence-electron chi connectivity index (χ3n) is 2.72. The van der Waals surface area contributed by atoms with E-state index in [9.17, 15) is 0 Å². The van der Waals surface area contributed by atoms with Crippen LogP contribution in [0.1, 0.15) is 19.8 Å². The summed E-state index contributed by atoms with van der Waals surface area (Å²) in [5.41, 5.74) is 1.62. The van der Waals surface area contributed by atoms with Crippen molar-refractivity contribution in [3.8, 4) is 0 Å². The lowest BCUT2D eigenvalue weighted by molar-refractivity contribution is 0.218. The maximum Gasteiger partial charge on any atom is 0.0542 e. The normalized spacial score (nSPS) is 30.2. The Balaban J connectivity index is 1.94. The SMILES string of the molecule is COCC[SH]1C=C(C2CC2)C=C1C. The fourth-order valence-electron chi connectivity index (χ4n) is 1.71. The van der Waals surface area contributed by atoms with Crippen LogP contribution in [0.3, 0.4) is 0 Å². The van der Waals surface area contributed by atoms with E-state index in [1.165, 1.54) is 18.6 Å². The predicted molar refractivity (Wildman–Crippen MR) is 60.3 cm³/mol. The molecule has 1 heterocycles. The quantitative estimate of drug-likeness (QED) is 0.683. The molecule has 13 heavy (non-hydrogen) atoms. The molecule has 0 N–H and O–H groups in total. The number of methoxy groups -OCH3 is 1. The fraction of sp³-hybridized carbons (Fsp3) is 0.636. The monoisotopic (exact) mass is 198 g/mol. The lowest BCUT2D eigenvalue weighted by atomic mass is 10.2. The first-order valence-corrected chi connectivity index (χ1v) is 6.56. The molecule has 0 aromatic heterocycles. The average Bonchev–Trinajstić information content (AvgIpc) is 2.89. The first kappa shape index (κ1) is 9.35. The summed E-state index contributed by atoms with van der Waals surface area (Å²) in [7, 11) is 1.82. The van der Waals surface area contributed by atoms with Crippen molar-refractivity contribution >= 4 is 10.9 Å². The van der Waals surface area contributed by atoms with E-state index < -0.39 is 0 Å². The molecule has 74 valence electrons. The van der Waals surface area contributed by atoms with Crippen molar-refractivity contribution in [1.29, 1.82) is 0 Å². The van der Waals surface area contributed by atoms with Gasteiger partial charge in [-0.3, -0.25) is 0 Å². The van der Waals surface area contributed by atoms with Crippen LogP contribution in [-0.2, 0) is 4.74 Å². The van der Waals surface area contributed by atoms with Gasteiger partial charge in [-0.25, -0.2) is 10.9 Å². The number of rotatable bonds is 4. The van der Waals surface area contributed by atoms with Gasteiger partial charge in [0.05, 0.1) is 6.61 Å². The zero-order chi connectivity index (χ0) is 9.26. The minimum Gasteiger partial charge on any atom is -0.384 e. The lowest BCUT2D eigenvalue weighted by Gasteiger charge is -2.13. The second kappa shape index (κ2) is 3.89. The Morgan fingerprint density at radius 2 is 2.31 bits per heavy atom. The van der Waals surface area contributed by atoms with Gasteiger partial charge in [0.1, 0.15) is 0 Å². The van der Waals surface area contributed by atoms with Crippen molar-refractivity contribution in [1.82, 2.24) is 0 Å². The molecule has 1 aliphatic carbocycles. The number of allylic oxidation sites excluding steroid dienone is 3. The first-order valence-electron chi connectivity index (χ1n) is 4.97. The fourth-order valence-corrected chi connectivity index (χ4v) is 3.74. The predicted octanol–water partition coefficient (Wildman–Crippen LogP) is 2.85. The Labute approximate surface area is 83.2 Å². The standard InChI is InChI=1S/C11H18OS/c1-9-7-11(10-3-4-10)8-13(9)6-5-12-2/h7-8,10,13H,3-6H2,1-2H3. The lowest BCUT2D eigenvalue weighted by Crippen LogP contribution is -1.95. The van der Waals surface area contributed by atoms with Crippen molar-refractivity contribution in [3.63, 3.8) is 0 Å². The topological polar surface area (TPSA) is 9.23 Å². The van der Waals surface area contributed by atoms with Crippen LogP contribution >= 0.6 is 10.9 Å². The van der Waals surface area contributed by atoms with Gasteiger partial charge in [0.15, 0.2) is 0 Å². The molecule has 2 heteroatoms. The van der Waals surface area contributed by atoms with Crippen LogP contribution in [0, 0.1) is 5.92 Å². The molecular weight excluding hydrogens is 180 g/mol. The molecule has 1 nitrogen and oxygen atoms in total. The van der Waals surface area contributed by atoms with Crippen LogP contribution in [-0.4, -0.2) is 19.5 Å². The second-order valence-electron chi connectivity index (χ2n) is 3.88. The molecule has 1 atom stereocenters. The van der Waals surface area contributed by atoms with E-state index in [4.69, 9.17) is 4.74 Å². The Bertz CT molecular complexity index is 251. The van der Waals surface area contributed by atoms with Crippen molar-refractivity contribution in [2.24, 2.45) is 5.92 Å². The Kier molecular flexibility index (Phi) is 2.80. The zero-order valence-electron chi connectivity index (χ0n) is 8.42. The van der Waals surface area contributed by atoms with Crippen LogP contribution < -0.4 is 0 Å². The van der Waals surface area contributed by atoms with E-state index in [1.54, 1.807) is 17.6 Å². The van der Waals surface area contributed by atoms with E-state index in [2.05, 4.69) is 18.4 Å². The third kappa shape index (κ3) is 2.18. The molecule has 1 unspecified atom stereocenters. The van der Waals surface area contributed by atoms with Crippen LogP contribution in [0.15, 0.2) is 22.0 Å². The number of thiol groups is 1. The van der Waals surface area contributed by atoms with Gasteiger partial charge in [0, 0.05) is 12.9 Å². The molecule has 0 aromatic rings. The summed E-state index contributed by atoms with van der Waals surface area (Å²) in [5, 5.41) is 2.52. The van der Waals surface area contributed by atoms with Crippen LogP contribution in [0.4, 0.5) is 0 Å². The summed E-state index contributed by atoms with van der Waals surface area (Å²) >= 11 is 0. The molecule has 0 aromatic carbocycles. The van der Waals surface area contributed by atoms with E-state index in [1.807, 2.05) is 0 Å². The molecular formula is C11H18OS. The molecule has 1 fully saturated rings. The van der Waals surface area contributed by atoms with Crippen LogP contribution in [0.25, 0.3) is 0 Å². The third-order valence-corrected chi connectivity index (χ3v) is 5.03. The van der Waals surface area contributed by atoms with E-state index in [0.717, 1.165) is 12.5 Å². The summed E-state index contributed by atoms with van der Waals surface area (Å²) in [4.78, 5) is 1.59. The van der Waals surface area contributed by atoms with Gasteiger partial charge in [-0.1, -0.05) is 6.08 Å². The molecule has 0 spiro atoms. The summed E-state index contributed by atoms with van der Waals surface area (Å²) in [6.07, 6.45) is 5.26. The Morgan fingerprint density at radius 1 is 1.54 bits per heavy atom. The van der Waals surface area contributed by atoms with Gasteiger partial charge in [-0.15, -0.1) is 0 Å². The molecule has 0 amide bonds. The highest BCUT2D eigenvalue weighted by molar-refractivity contribution is 8.23. The average molecular weight is 198 g/mol. The van der Waals surface area contributed by atoms with E-state index in [-0.39, 0.29) is 10.9 Å². The number of hydrogen-bond acceptors (Lipinski definition) is 1. The first-order chi connectivity index (χ1) is 6.31. The maximum absolute atomic E-state index is 5.12. The van der Waals surface area contributed by atoms with Crippen molar-refractivity contribution < 1.29 is 4.74 Å². The van der Waals surface area contributed by atoms with E-state index in [0.29, 0.717) is 0 Å². The summed E-state index contributed by atoms with van der Waals surface area (Å²) in [6.45, 7) is 3.18. The van der Waals surface area contributed by atoms with Gasteiger partial charge in [0.2, 0.25) is 0 Å². The molecule has 2 rings (SSSR count). The highest BCUT2D eigenvalue weighted by Crippen LogP contribution is 2.49. The summed E-state index contributed by atoms with van der Waals surface area (Å²) < 4.78 is 5.12. The number of hydrogen-bond donors (Lipinski definition) is 1.